The summed E-state index contributed by atoms with van der Waals surface area (Å²) < 4.78 is 5.35. The standard InChI is InChI=1S/C11H15ClN2O3/c1-9-5-6-10(11(13-9)14(15)16)17-8-4-2-3-7-12/h5-6H,2-4,7-8H2,1H3. The van der Waals surface area contributed by atoms with Crippen LogP contribution in [0.3, 0.4) is 0 Å². The zero-order valence-corrected chi connectivity index (χ0v) is 10.4. The van der Waals surface area contributed by atoms with E-state index in [1.54, 1.807) is 19.1 Å². The summed E-state index contributed by atoms with van der Waals surface area (Å²) in [5.74, 6) is 0.639. The number of hydrogen-bond donors (Lipinski definition) is 0. The molecule has 0 radical (unpaired) electrons. The first-order valence-corrected chi connectivity index (χ1v) is 5.99. The average molecular weight is 259 g/mol. The topological polar surface area (TPSA) is 65.3 Å². The highest BCUT2D eigenvalue weighted by Crippen LogP contribution is 2.24. The molecule has 17 heavy (non-hydrogen) atoms. The third-order valence-corrected chi connectivity index (χ3v) is 2.45. The van der Waals surface area contributed by atoms with Crippen molar-refractivity contribution in [3.8, 4) is 5.75 Å². The van der Waals surface area contributed by atoms with Gasteiger partial charge in [0.15, 0.2) is 0 Å². The van der Waals surface area contributed by atoms with Gasteiger partial charge < -0.3 is 14.9 Å². The molecule has 0 aliphatic rings. The molecule has 1 heterocycles. The van der Waals surface area contributed by atoms with Gasteiger partial charge in [-0.15, -0.1) is 11.6 Å². The lowest BCUT2D eigenvalue weighted by molar-refractivity contribution is -0.390. The van der Waals surface area contributed by atoms with E-state index < -0.39 is 4.92 Å². The molecule has 0 fully saturated rings. The summed E-state index contributed by atoms with van der Waals surface area (Å²) in [6.07, 6.45) is 2.72. The molecule has 0 aliphatic heterocycles. The molecule has 1 rings (SSSR count). The smallest absolute Gasteiger partial charge is 0.406 e. The first kappa shape index (κ1) is 13.7. The Morgan fingerprint density at radius 1 is 1.41 bits per heavy atom. The summed E-state index contributed by atoms with van der Waals surface area (Å²) >= 11 is 5.54. The Labute approximate surface area is 105 Å². The summed E-state index contributed by atoms with van der Waals surface area (Å²) in [6.45, 7) is 2.15. The molecule has 1 aromatic heterocycles. The third-order valence-electron chi connectivity index (χ3n) is 2.19. The Kier molecular flexibility index (Phi) is 5.69. The quantitative estimate of drug-likeness (QED) is 0.326. The highest BCUT2D eigenvalue weighted by Gasteiger charge is 2.17. The molecule has 0 aliphatic carbocycles. The lowest BCUT2D eigenvalue weighted by Crippen LogP contribution is -2.03. The van der Waals surface area contributed by atoms with Crippen LogP contribution < -0.4 is 4.74 Å². The number of unbranched alkanes of at least 4 members (excludes halogenated alkanes) is 2. The molecule has 6 heteroatoms. The second-order valence-corrected chi connectivity index (χ2v) is 4.01. The number of pyridine rings is 1. The van der Waals surface area contributed by atoms with E-state index in [2.05, 4.69) is 4.98 Å². The van der Waals surface area contributed by atoms with E-state index in [0.29, 0.717) is 18.2 Å². The van der Waals surface area contributed by atoms with Gasteiger partial charge in [0.25, 0.3) is 0 Å². The zero-order chi connectivity index (χ0) is 12.7. The van der Waals surface area contributed by atoms with Gasteiger partial charge in [-0.1, -0.05) is 0 Å². The minimum atomic E-state index is -0.527. The van der Waals surface area contributed by atoms with Crippen molar-refractivity contribution in [3.63, 3.8) is 0 Å². The molecule has 0 bridgehead atoms. The number of aromatic nitrogens is 1. The lowest BCUT2D eigenvalue weighted by atomic mass is 10.3. The van der Waals surface area contributed by atoms with Crippen LogP contribution in [0.1, 0.15) is 25.0 Å². The molecule has 1 aromatic rings. The Bertz CT molecular complexity index is 385. The van der Waals surface area contributed by atoms with Crippen molar-refractivity contribution in [1.82, 2.24) is 4.98 Å². The van der Waals surface area contributed by atoms with Crippen molar-refractivity contribution in [1.29, 1.82) is 0 Å². The molecule has 0 saturated carbocycles. The second-order valence-electron chi connectivity index (χ2n) is 3.63. The van der Waals surface area contributed by atoms with Gasteiger partial charge in [0, 0.05) is 12.8 Å². The van der Waals surface area contributed by atoms with Gasteiger partial charge in [0.1, 0.15) is 5.69 Å². The number of alkyl halides is 1. The molecule has 0 spiro atoms. The van der Waals surface area contributed by atoms with E-state index in [0.717, 1.165) is 19.3 Å². The number of ether oxygens (including phenoxy) is 1. The maximum atomic E-state index is 10.8. The van der Waals surface area contributed by atoms with Gasteiger partial charge in [0.2, 0.25) is 5.75 Å². The maximum Gasteiger partial charge on any atom is 0.406 e. The van der Waals surface area contributed by atoms with Gasteiger partial charge in [-0.05, 0) is 41.3 Å². The molecule has 94 valence electrons. The fourth-order valence-corrected chi connectivity index (χ4v) is 1.52. The summed E-state index contributed by atoms with van der Waals surface area (Å²) in [7, 11) is 0. The van der Waals surface area contributed by atoms with Crippen LogP contribution in [0, 0.1) is 17.0 Å². The van der Waals surface area contributed by atoms with Gasteiger partial charge in [-0.25, -0.2) is 0 Å². The van der Waals surface area contributed by atoms with Gasteiger partial charge in [-0.3, -0.25) is 0 Å². The molecular weight excluding hydrogens is 244 g/mol. The van der Waals surface area contributed by atoms with Crippen LogP contribution >= 0.6 is 11.6 Å². The summed E-state index contributed by atoms with van der Waals surface area (Å²) in [4.78, 5) is 14.1. The van der Waals surface area contributed by atoms with Gasteiger partial charge >= 0.3 is 5.82 Å². The Hall–Kier alpha value is -1.36. The van der Waals surface area contributed by atoms with Gasteiger partial charge in [0.05, 0.1) is 6.61 Å². The van der Waals surface area contributed by atoms with Crippen molar-refractivity contribution < 1.29 is 9.66 Å². The summed E-state index contributed by atoms with van der Waals surface area (Å²) in [6, 6.07) is 3.28. The highest BCUT2D eigenvalue weighted by atomic mass is 35.5. The first-order chi connectivity index (χ1) is 8.15. The van der Waals surface area contributed by atoms with Crippen LogP contribution in [0.5, 0.6) is 5.75 Å². The van der Waals surface area contributed by atoms with Gasteiger partial charge in [-0.2, -0.15) is 0 Å². The minimum absolute atomic E-state index is 0.220. The largest absolute Gasteiger partial charge is 0.486 e. The molecule has 0 N–H and O–H groups in total. The lowest BCUT2D eigenvalue weighted by Gasteiger charge is -2.05. The predicted molar refractivity (Wildman–Crippen MR) is 65.7 cm³/mol. The number of aryl methyl sites for hydroxylation is 1. The highest BCUT2D eigenvalue weighted by molar-refractivity contribution is 6.17. The van der Waals surface area contributed by atoms with Crippen molar-refractivity contribution in [2.75, 3.05) is 12.5 Å². The van der Waals surface area contributed by atoms with Crippen molar-refractivity contribution in [2.24, 2.45) is 0 Å². The number of hydrogen-bond acceptors (Lipinski definition) is 4. The van der Waals surface area contributed by atoms with Crippen LogP contribution in [0.15, 0.2) is 12.1 Å². The second kappa shape index (κ2) is 7.06. The number of nitro groups is 1. The van der Waals surface area contributed by atoms with E-state index in [1.807, 2.05) is 0 Å². The van der Waals surface area contributed by atoms with E-state index in [4.69, 9.17) is 16.3 Å². The molecule has 0 unspecified atom stereocenters. The van der Waals surface area contributed by atoms with Crippen LogP contribution in [-0.4, -0.2) is 22.4 Å². The monoisotopic (exact) mass is 258 g/mol. The van der Waals surface area contributed by atoms with Crippen molar-refractivity contribution in [3.05, 3.63) is 27.9 Å². The number of halogens is 1. The Balaban J connectivity index is 2.55. The molecule has 5 nitrogen and oxygen atoms in total. The molecular formula is C11H15ClN2O3. The predicted octanol–water partition coefficient (Wildman–Crippen LogP) is 3.09. The van der Waals surface area contributed by atoms with Crippen LogP contribution in [-0.2, 0) is 0 Å². The first-order valence-electron chi connectivity index (χ1n) is 5.46. The van der Waals surface area contributed by atoms with E-state index in [9.17, 15) is 10.1 Å². The fourth-order valence-electron chi connectivity index (χ4n) is 1.33. The molecule has 0 amide bonds. The molecule has 0 saturated heterocycles. The Morgan fingerprint density at radius 3 is 2.82 bits per heavy atom. The van der Waals surface area contributed by atoms with Crippen LogP contribution in [0.25, 0.3) is 0 Å². The summed E-state index contributed by atoms with van der Waals surface area (Å²) in [5.41, 5.74) is 0.603. The fraction of sp³-hybridized carbons (Fsp3) is 0.545. The normalized spacial score (nSPS) is 10.2. The minimum Gasteiger partial charge on any atom is -0.486 e. The molecule has 0 atom stereocenters. The van der Waals surface area contributed by atoms with Crippen molar-refractivity contribution in [2.45, 2.75) is 26.2 Å². The maximum absolute atomic E-state index is 10.8. The van der Waals surface area contributed by atoms with Crippen LogP contribution in [0.2, 0.25) is 0 Å². The average Bonchev–Trinajstić information content (AvgIpc) is 2.30. The number of nitrogens with zero attached hydrogens (tertiary/aromatic N) is 2. The number of rotatable bonds is 7. The van der Waals surface area contributed by atoms with E-state index in [1.165, 1.54) is 0 Å². The van der Waals surface area contributed by atoms with E-state index in [-0.39, 0.29) is 11.6 Å². The molecule has 0 aromatic carbocycles. The van der Waals surface area contributed by atoms with Crippen molar-refractivity contribution >= 4 is 17.4 Å². The Morgan fingerprint density at radius 2 is 2.18 bits per heavy atom. The summed E-state index contributed by atoms with van der Waals surface area (Å²) in [5, 5.41) is 10.8. The van der Waals surface area contributed by atoms with Crippen LogP contribution in [0.4, 0.5) is 5.82 Å². The zero-order valence-electron chi connectivity index (χ0n) is 9.69. The SMILES string of the molecule is Cc1ccc(OCCCCCCl)c([N+](=O)[O-])n1. The third kappa shape index (κ3) is 4.56. The van der Waals surface area contributed by atoms with E-state index >= 15 is 0 Å².